The molecule has 4 rings (SSSR count). The standard InChI is InChI=1S/C21H25N5O2/c1-13-11-26(12-14(2)22-13)16-6-4-15(5-7-16)23-21(27)20-18-10-17(28-3)8-9-19(18)24-25-20/h4-10,13-14,22H,11-12H2,1-3H3,(H,23,27)(H,24,25)/t13-,14+. The molecule has 1 saturated heterocycles. The molecule has 0 unspecified atom stereocenters. The van der Waals surface area contributed by atoms with Crippen LogP contribution in [0.3, 0.4) is 0 Å². The third kappa shape index (κ3) is 3.66. The average molecular weight is 379 g/mol. The summed E-state index contributed by atoms with van der Waals surface area (Å²) in [6.45, 7) is 6.33. The van der Waals surface area contributed by atoms with E-state index in [-0.39, 0.29) is 5.91 Å². The van der Waals surface area contributed by atoms with Crippen LogP contribution in [0.1, 0.15) is 24.3 Å². The second-order valence-corrected chi connectivity index (χ2v) is 7.36. The number of aromatic amines is 1. The predicted molar refractivity (Wildman–Crippen MR) is 111 cm³/mol. The highest BCUT2D eigenvalue weighted by Gasteiger charge is 2.21. The van der Waals surface area contributed by atoms with Crippen molar-refractivity contribution in [2.75, 3.05) is 30.4 Å². The Morgan fingerprint density at radius 2 is 1.86 bits per heavy atom. The largest absolute Gasteiger partial charge is 0.497 e. The Hall–Kier alpha value is -3.06. The van der Waals surface area contributed by atoms with Crippen LogP contribution < -0.4 is 20.3 Å². The molecule has 7 nitrogen and oxygen atoms in total. The van der Waals surface area contributed by atoms with Crippen molar-refractivity contribution in [3.63, 3.8) is 0 Å². The number of benzene rings is 2. The smallest absolute Gasteiger partial charge is 0.276 e. The van der Waals surface area contributed by atoms with Gasteiger partial charge in [0.1, 0.15) is 5.75 Å². The minimum absolute atomic E-state index is 0.253. The van der Waals surface area contributed by atoms with E-state index < -0.39 is 0 Å². The van der Waals surface area contributed by atoms with E-state index >= 15 is 0 Å². The second-order valence-electron chi connectivity index (χ2n) is 7.36. The van der Waals surface area contributed by atoms with Crippen LogP contribution in [0, 0.1) is 0 Å². The third-order valence-electron chi connectivity index (χ3n) is 5.03. The molecule has 0 saturated carbocycles. The summed E-state index contributed by atoms with van der Waals surface area (Å²) in [4.78, 5) is 15.1. The van der Waals surface area contributed by atoms with Crippen molar-refractivity contribution in [1.82, 2.24) is 15.5 Å². The zero-order valence-corrected chi connectivity index (χ0v) is 16.3. The Morgan fingerprint density at radius 3 is 2.54 bits per heavy atom. The maximum atomic E-state index is 12.7. The lowest BCUT2D eigenvalue weighted by Crippen LogP contribution is -2.54. The molecule has 2 atom stereocenters. The van der Waals surface area contributed by atoms with Crippen LogP contribution in [-0.2, 0) is 0 Å². The van der Waals surface area contributed by atoms with Crippen molar-refractivity contribution in [2.24, 2.45) is 0 Å². The summed E-state index contributed by atoms with van der Waals surface area (Å²) >= 11 is 0. The lowest BCUT2D eigenvalue weighted by molar-refractivity contribution is 0.102. The number of aromatic nitrogens is 2. The summed E-state index contributed by atoms with van der Waals surface area (Å²) in [6.07, 6.45) is 0. The van der Waals surface area contributed by atoms with Crippen molar-refractivity contribution in [2.45, 2.75) is 25.9 Å². The summed E-state index contributed by atoms with van der Waals surface area (Å²) < 4.78 is 5.25. The first-order chi connectivity index (χ1) is 13.5. The molecule has 146 valence electrons. The van der Waals surface area contributed by atoms with Crippen molar-refractivity contribution in [3.8, 4) is 5.75 Å². The summed E-state index contributed by atoms with van der Waals surface area (Å²) in [7, 11) is 1.60. The van der Waals surface area contributed by atoms with E-state index in [4.69, 9.17) is 4.74 Å². The van der Waals surface area contributed by atoms with Crippen molar-refractivity contribution >= 4 is 28.2 Å². The van der Waals surface area contributed by atoms with Gasteiger partial charge in [-0.2, -0.15) is 5.10 Å². The minimum Gasteiger partial charge on any atom is -0.497 e. The van der Waals surface area contributed by atoms with Crippen LogP contribution in [0.25, 0.3) is 10.9 Å². The predicted octanol–water partition coefficient (Wildman–Crippen LogP) is 3.01. The normalized spacial score (nSPS) is 19.6. The molecule has 1 aliphatic heterocycles. The number of hydrogen-bond acceptors (Lipinski definition) is 5. The summed E-state index contributed by atoms with van der Waals surface area (Å²) in [5.41, 5.74) is 3.04. The van der Waals surface area contributed by atoms with Crippen LogP contribution in [0.4, 0.5) is 11.4 Å². The van der Waals surface area contributed by atoms with Gasteiger partial charge in [0.25, 0.3) is 5.91 Å². The van der Waals surface area contributed by atoms with E-state index in [1.54, 1.807) is 7.11 Å². The summed E-state index contributed by atoms with van der Waals surface area (Å²) in [5, 5.41) is 14.3. The zero-order chi connectivity index (χ0) is 19.7. The lowest BCUT2D eigenvalue weighted by Gasteiger charge is -2.37. The number of rotatable bonds is 4. The molecule has 0 bridgehead atoms. The maximum absolute atomic E-state index is 12.7. The highest BCUT2D eigenvalue weighted by atomic mass is 16.5. The minimum atomic E-state index is -0.253. The van der Waals surface area contributed by atoms with Gasteiger partial charge < -0.3 is 20.3 Å². The number of nitrogens with zero attached hydrogens (tertiary/aromatic N) is 2. The fraction of sp³-hybridized carbons (Fsp3) is 0.333. The number of carbonyl (C=O) groups is 1. The molecule has 1 aromatic heterocycles. The Kier molecular flexibility index (Phi) is 4.92. The topological polar surface area (TPSA) is 82.3 Å². The van der Waals surface area contributed by atoms with Crippen LogP contribution in [0.2, 0.25) is 0 Å². The van der Waals surface area contributed by atoms with E-state index in [0.29, 0.717) is 23.5 Å². The SMILES string of the molecule is COc1ccc2[nH]nc(C(=O)Nc3ccc(N4C[C@@H](C)N[C@@H](C)C4)cc3)c2c1. The van der Waals surface area contributed by atoms with Gasteiger partial charge in [-0.05, 0) is 56.3 Å². The lowest BCUT2D eigenvalue weighted by atomic mass is 10.1. The number of amides is 1. The van der Waals surface area contributed by atoms with Gasteiger partial charge in [-0.15, -0.1) is 0 Å². The van der Waals surface area contributed by atoms with Gasteiger partial charge in [0.15, 0.2) is 5.69 Å². The van der Waals surface area contributed by atoms with E-state index in [2.05, 4.69) is 39.6 Å². The fourth-order valence-electron chi connectivity index (χ4n) is 3.78. The number of ether oxygens (including phenoxy) is 1. The number of hydrogen-bond donors (Lipinski definition) is 3. The van der Waals surface area contributed by atoms with Gasteiger partial charge in [0, 0.05) is 41.9 Å². The van der Waals surface area contributed by atoms with Gasteiger partial charge >= 0.3 is 0 Å². The molecule has 28 heavy (non-hydrogen) atoms. The zero-order valence-electron chi connectivity index (χ0n) is 16.3. The van der Waals surface area contributed by atoms with Crippen molar-refractivity contribution in [1.29, 1.82) is 0 Å². The molecule has 1 aliphatic rings. The molecule has 1 fully saturated rings. The van der Waals surface area contributed by atoms with E-state index in [1.165, 1.54) is 0 Å². The first kappa shape index (κ1) is 18.3. The summed E-state index contributed by atoms with van der Waals surface area (Å²) in [6, 6.07) is 14.4. The monoisotopic (exact) mass is 379 g/mol. The quantitative estimate of drug-likeness (QED) is 0.649. The molecule has 0 aliphatic carbocycles. The van der Waals surface area contributed by atoms with Gasteiger partial charge in [-0.25, -0.2) is 0 Å². The second kappa shape index (κ2) is 7.52. The number of fused-ring (bicyclic) bond motifs is 1. The Bertz CT molecular complexity index is 972. The van der Waals surface area contributed by atoms with Crippen LogP contribution >= 0.6 is 0 Å². The van der Waals surface area contributed by atoms with Crippen LogP contribution in [0.15, 0.2) is 42.5 Å². The Morgan fingerprint density at radius 1 is 1.14 bits per heavy atom. The van der Waals surface area contributed by atoms with Gasteiger partial charge in [-0.1, -0.05) is 0 Å². The van der Waals surface area contributed by atoms with Crippen LogP contribution in [-0.4, -0.2) is 48.4 Å². The Balaban J connectivity index is 1.49. The number of methoxy groups -OCH3 is 1. The number of H-pyrrole nitrogens is 1. The molecule has 3 aromatic rings. The third-order valence-corrected chi connectivity index (χ3v) is 5.03. The number of anilines is 2. The molecular formula is C21H25N5O2. The number of nitrogens with one attached hydrogen (secondary N) is 3. The molecule has 3 N–H and O–H groups in total. The average Bonchev–Trinajstić information content (AvgIpc) is 3.11. The van der Waals surface area contributed by atoms with E-state index in [0.717, 1.165) is 35.4 Å². The number of carbonyl (C=O) groups excluding carboxylic acids is 1. The number of piperazine rings is 1. The van der Waals surface area contributed by atoms with Crippen molar-refractivity contribution < 1.29 is 9.53 Å². The molecule has 7 heteroatoms. The first-order valence-electron chi connectivity index (χ1n) is 9.48. The van der Waals surface area contributed by atoms with E-state index in [9.17, 15) is 4.79 Å². The molecule has 2 aromatic carbocycles. The highest BCUT2D eigenvalue weighted by molar-refractivity contribution is 6.11. The Labute approximate surface area is 164 Å². The molecule has 2 heterocycles. The summed E-state index contributed by atoms with van der Waals surface area (Å²) in [5.74, 6) is 0.434. The van der Waals surface area contributed by atoms with Gasteiger partial charge in [-0.3, -0.25) is 9.89 Å². The van der Waals surface area contributed by atoms with Crippen molar-refractivity contribution in [3.05, 3.63) is 48.2 Å². The van der Waals surface area contributed by atoms with E-state index in [1.807, 2.05) is 42.5 Å². The maximum Gasteiger partial charge on any atom is 0.276 e. The molecular weight excluding hydrogens is 354 g/mol. The fourth-order valence-corrected chi connectivity index (χ4v) is 3.78. The molecule has 0 spiro atoms. The molecule has 0 radical (unpaired) electrons. The van der Waals surface area contributed by atoms with Gasteiger partial charge in [0.2, 0.25) is 0 Å². The molecule has 1 amide bonds. The van der Waals surface area contributed by atoms with Crippen LogP contribution in [0.5, 0.6) is 5.75 Å². The highest BCUT2D eigenvalue weighted by Crippen LogP contribution is 2.24. The van der Waals surface area contributed by atoms with Gasteiger partial charge in [0.05, 0.1) is 12.6 Å². The first-order valence-corrected chi connectivity index (χ1v) is 9.48.